The van der Waals surface area contributed by atoms with Crippen molar-refractivity contribution in [3.05, 3.63) is 29.6 Å². The van der Waals surface area contributed by atoms with E-state index in [2.05, 4.69) is 15.6 Å². The van der Waals surface area contributed by atoms with Gasteiger partial charge in [0.05, 0.1) is 0 Å². The molecule has 0 atom stereocenters. The van der Waals surface area contributed by atoms with E-state index in [0.29, 0.717) is 5.56 Å². The highest BCUT2D eigenvalue weighted by Crippen LogP contribution is 2.18. The highest BCUT2D eigenvalue weighted by atomic mass is 16.1. The zero-order valence-electron chi connectivity index (χ0n) is 10.2. The van der Waals surface area contributed by atoms with E-state index in [4.69, 9.17) is 0 Å². The Balaban J connectivity index is 1.65. The molecule has 0 spiro atoms. The van der Waals surface area contributed by atoms with Crippen LogP contribution in [-0.2, 0) is 0 Å². The van der Waals surface area contributed by atoms with Crippen LogP contribution in [0.15, 0.2) is 18.3 Å². The Morgan fingerprint density at radius 3 is 3.00 bits per heavy atom. The predicted molar refractivity (Wildman–Crippen MR) is 66.9 cm³/mol. The first kappa shape index (κ1) is 12.0. The van der Waals surface area contributed by atoms with E-state index in [9.17, 15) is 4.79 Å². The molecule has 4 nitrogen and oxygen atoms in total. The van der Waals surface area contributed by atoms with Gasteiger partial charge < -0.3 is 10.6 Å². The summed E-state index contributed by atoms with van der Waals surface area (Å²) in [5.74, 6) is -0.0121. The summed E-state index contributed by atoms with van der Waals surface area (Å²) >= 11 is 0. The van der Waals surface area contributed by atoms with Gasteiger partial charge in [-0.05, 0) is 44.9 Å². The molecular weight excluding hydrogens is 214 g/mol. The Kier molecular flexibility index (Phi) is 4.09. The molecule has 2 rings (SSSR count). The molecule has 17 heavy (non-hydrogen) atoms. The van der Waals surface area contributed by atoms with Gasteiger partial charge in [0.2, 0.25) is 0 Å². The fraction of sp³-hybridized carbons (Fsp3) is 0.538. The molecule has 1 fully saturated rings. The van der Waals surface area contributed by atoms with Gasteiger partial charge in [-0.15, -0.1) is 0 Å². The molecule has 1 aromatic rings. The van der Waals surface area contributed by atoms with Crippen molar-refractivity contribution >= 4 is 5.91 Å². The van der Waals surface area contributed by atoms with Gasteiger partial charge in [0, 0.05) is 30.0 Å². The maximum Gasteiger partial charge on any atom is 0.251 e. The van der Waals surface area contributed by atoms with Crippen LogP contribution >= 0.6 is 0 Å². The number of hydrogen-bond acceptors (Lipinski definition) is 3. The molecule has 1 amide bonds. The lowest BCUT2D eigenvalue weighted by Crippen LogP contribution is -2.28. The first-order valence-electron chi connectivity index (χ1n) is 6.20. The lowest BCUT2D eigenvalue weighted by molar-refractivity contribution is 0.0953. The van der Waals surface area contributed by atoms with Crippen LogP contribution in [0.1, 0.15) is 35.3 Å². The van der Waals surface area contributed by atoms with Crippen molar-refractivity contribution in [1.82, 2.24) is 15.6 Å². The number of nitrogens with zero attached hydrogens (tertiary/aromatic N) is 1. The summed E-state index contributed by atoms with van der Waals surface area (Å²) in [6.07, 6.45) is 5.26. The summed E-state index contributed by atoms with van der Waals surface area (Å²) in [4.78, 5) is 15.8. The number of amides is 1. The minimum Gasteiger partial charge on any atom is -0.352 e. The van der Waals surface area contributed by atoms with Crippen LogP contribution in [0, 0.1) is 6.92 Å². The number of nitrogens with one attached hydrogen (secondary N) is 2. The number of aryl methyl sites for hydroxylation is 1. The summed E-state index contributed by atoms with van der Waals surface area (Å²) in [5.41, 5.74) is 1.56. The van der Waals surface area contributed by atoms with Crippen molar-refractivity contribution in [2.45, 2.75) is 32.2 Å². The van der Waals surface area contributed by atoms with Crippen LogP contribution in [0.2, 0.25) is 0 Å². The first-order chi connectivity index (χ1) is 8.25. The molecule has 0 aromatic carbocycles. The first-order valence-corrected chi connectivity index (χ1v) is 6.20. The Morgan fingerprint density at radius 1 is 1.47 bits per heavy atom. The van der Waals surface area contributed by atoms with Gasteiger partial charge in [0.15, 0.2) is 0 Å². The molecule has 0 unspecified atom stereocenters. The second-order valence-corrected chi connectivity index (χ2v) is 4.52. The second kappa shape index (κ2) is 5.77. The number of aromatic nitrogens is 1. The summed E-state index contributed by atoms with van der Waals surface area (Å²) < 4.78 is 0. The van der Waals surface area contributed by atoms with Crippen molar-refractivity contribution in [2.24, 2.45) is 0 Å². The van der Waals surface area contributed by atoms with E-state index >= 15 is 0 Å². The molecule has 0 saturated heterocycles. The highest BCUT2D eigenvalue weighted by molar-refractivity contribution is 5.94. The van der Waals surface area contributed by atoms with Crippen LogP contribution in [0.3, 0.4) is 0 Å². The van der Waals surface area contributed by atoms with Crippen LogP contribution in [0.5, 0.6) is 0 Å². The van der Waals surface area contributed by atoms with Crippen molar-refractivity contribution in [3.63, 3.8) is 0 Å². The molecule has 1 heterocycles. The van der Waals surface area contributed by atoms with Crippen LogP contribution in [0.4, 0.5) is 0 Å². The Morgan fingerprint density at radius 2 is 2.29 bits per heavy atom. The van der Waals surface area contributed by atoms with Crippen LogP contribution < -0.4 is 10.6 Å². The minimum atomic E-state index is -0.0121. The average molecular weight is 233 g/mol. The maximum atomic E-state index is 11.7. The molecule has 1 saturated carbocycles. The van der Waals surface area contributed by atoms with Crippen LogP contribution in [-0.4, -0.2) is 30.0 Å². The monoisotopic (exact) mass is 233 g/mol. The van der Waals surface area contributed by atoms with Gasteiger partial charge in [-0.1, -0.05) is 0 Å². The van der Waals surface area contributed by atoms with E-state index in [-0.39, 0.29) is 5.91 Å². The molecule has 2 N–H and O–H groups in total. The molecule has 1 aliphatic rings. The Labute approximate surface area is 102 Å². The molecule has 1 aromatic heterocycles. The van der Waals surface area contributed by atoms with Crippen molar-refractivity contribution in [1.29, 1.82) is 0 Å². The van der Waals surface area contributed by atoms with Gasteiger partial charge in [0.25, 0.3) is 5.91 Å². The normalized spacial score (nSPS) is 14.6. The summed E-state index contributed by atoms with van der Waals surface area (Å²) in [5, 5.41) is 6.33. The molecule has 0 bridgehead atoms. The topological polar surface area (TPSA) is 54.0 Å². The predicted octanol–water partition coefficient (Wildman–Crippen LogP) is 1.26. The smallest absolute Gasteiger partial charge is 0.251 e. The minimum absolute atomic E-state index is 0.0121. The molecule has 1 aliphatic carbocycles. The van der Waals surface area contributed by atoms with E-state index in [0.717, 1.165) is 31.2 Å². The number of carbonyl (C=O) groups excluding carboxylic acids is 1. The number of carbonyl (C=O) groups is 1. The van der Waals surface area contributed by atoms with Gasteiger partial charge in [-0.3, -0.25) is 9.78 Å². The maximum absolute atomic E-state index is 11.7. The molecule has 0 radical (unpaired) electrons. The van der Waals surface area contributed by atoms with Gasteiger partial charge in [-0.2, -0.15) is 0 Å². The van der Waals surface area contributed by atoms with Gasteiger partial charge in [0.1, 0.15) is 0 Å². The second-order valence-electron chi connectivity index (χ2n) is 4.52. The SMILES string of the molecule is Cc1cc(C(=O)NCCCNC2CC2)ccn1. The lowest BCUT2D eigenvalue weighted by Gasteiger charge is -2.06. The fourth-order valence-corrected chi connectivity index (χ4v) is 1.67. The highest BCUT2D eigenvalue weighted by Gasteiger charge is 2.19. The molecule has 4 heteroatoms. The quantitative estimate of drug-likeness (QED) is 0.727. The van der Waals surface area contributed by atoms with Crippen molar-refractivity contribution < 1.29 is 4.79 Å². The molecular formula is C13H19N3O. The van der Waals surface area contributed by atoms with E-state index in [1.807, 2.05) is 6.92 Å². The third kappa shape index (κ3) is 4.15. The average Bonchev–Trinajstić information content (AvgIpc) is 3.12. The lowest BCUT2D eigenvalue weighted by atomic mass is 10.2. The van der Waals surface area contributed by atoms with Crippen molar-refractivity contribution in [2.75, 3.05) is 13.1 Å². The molecule has 92 valence electrons. The van der Waals surface area contributed by atoms with Gasteiger partial charge in [-0.25, -0.2) is 0 Å². The third-order valence-electron chi connectivity index (χ3n) is 2.81. The zero-order valence-corrected chi connectivity index (χ0v) is 10.2. The van der Waals surface area contributed by atoms with Crippen LogP contribution in [0.25, 0.3) is 0 Å². The third-order valence-corrected chi connectivity index (χ3v) is 2.81. The largest absolute Gasteiger partial charge is 0.352 e. The zero-order chi connectivity index (χ0) is 12.1. The van der Waals surface area contributed by atoms with E-state index in [1.54, 1.807) is 18.3 Å². The summed E-state index contributed by atoms with van der Waals surface area (Å²) in [7, 11) is 0. The standard InChI is InChI=1S/C13H19N3O/c1-10-9-11(5-8-14-10)13(17)16-7-2-6-15-12-3-4-12/h5,8-9,12,15H,2-4,6-7H2,1H3,(H,16,17). The van der Waals surface area contributed by atoms with E-state index in [1.165, 1.54) is 12.8 Å². The summed E-state index contributed by atoms with van der Waals surface area (Å²) in [6, 6.07) is 4.29. The summed E-state index contributed by atoms with van der Waals surface area (Å²) in [6.45, 7) is 3.59. The van der Waals surface area contributed by atoms with Gasteiger partial charge >= 0.3 is 0 Å². The Hall–Kier alpha value is -1.42. The number of hydrogen-bond donors (Lipinski definition) is 2. The van der Waals surface area contributed by atoms with Crippen molar-refractivity contribution in [3.8, 4) is 0 Å². The number of pyridine rings is 1. The van der Waals surface area contributed by atoms with E-state index < -0.39 is 0 Å². The molecule has 0 aliphatic heterocycles. The Bertz CT molecular complexity index is 388. The number of rotatable bonds is 6. The fourth-order valence-electron chi connectivity index (χ4n) is 1.67.